The summed E-state index contributed by atoms with van der Waals surface area (Å²) < 4.78 is 13.1. The molecular formula is C20H15FN2OS. The van der Waals surface area contributed by atoms with Crippen molar-refractivity contribution in [3.63, 3.8) is 0 Å². The molecule has 0 atom stereocenters. The summed E-state index contributed by atoms with van der Waals surface area (Å²) in [7, 11) is 0. The van der Waals surface area contributed by atoms with E-state index >= 15 is 0 Å². The van der Waals surface area contributed by atoms with Crippen LogP contribution in [0.2, 0.25) is 0 Å². The molecule has 0 radical (unpaired) electrons. The summed E-state index contributed by atoms with van der Waals surface area (Å²) in [4.78, 5) is 16.2. The maximum Gasteiger partial charge on any atom is 0.197 e. The van der Waals surface area contributed by atoms with Crippen molar-refractivity contribution < 1.29 is 9.18 Å². The molecule has 5 heteroatoms. The Morgan fingerprint density at radius 3 is 2.72 bits per heavy atom. The Kier molecular flexibility index (Phi) is 5.12. The van der Waals surface area contributed by atoms with E-state index < -0.39 is 0 Å². The van der Waals surface area contributed by atoms with Crippen molar-refractivity contribution >= 4 is 22.8 Å². The fourth-order valence-corrected chi connectivity index (χ4v) is 2.98. The average Bonchev–Trinajstić information content (AvgIpc) is 3.30. The Morgan fingerprint density at radius 1 is 1.24 bits per heavy atom. The minimum atomic E-state index is -0.284. The quantitative estimate of drug-likeness (QED) is 0.395. The normalized spacial score (nSPS) is 11.1. The molecule has 0 spiro atoms. The van der Waals surface area contributed by atoms with Crippen LogP contribution in [0.15, 0.2) is 60.0 Å². The number of thiophene rings is 1. The third-order valence-corrected chi connectivity index (χ3v) is 4.44. The summed E-state index contributed by atoms with van der Waals surface area (Å²) in [6.45, 7) is 0.300. The number of halogens is 1. The minimum Gasteiger partial charge on any atom is -0.372 e. The molecule has 3 rings (SSSR count). The summed E-state index contributed by atoms with van der Waals surface area (Å²) in [5.41, 5.74) is 3.03. The van der Waals surface area contributed by atoms with Gasteiger partial charge in [0.25, 0.3) is 0 Å². The molecule has 0 saturated carbocycles. The van der Waals surface area contributed by atoms with Gasteiger partial charge in [-0.15, -0.1) is 17.8 Å². The number of allylic oxidation sites excluding steroid dienone is 1. The first-order valence-corrected chi connectivity index (χ1v) is 8.47. The smallest absolute Gasteiger partial charge is 0.197 e. The van der Waals surface area contributed by atoms with E-state index in [9.17, 15) is 9.18 Å². The van der Waals surface area contributed by atoms with E-state index in [1.807, 2.05) is 23.6 Å². The van der Waals surface area contributed by atoms with Gasteiger partial charge in [-0.2, -0.15) is 0 Å². The van der Waals surface area contributed by atoms with Crippen LogP contribution < -0.4 is 5.32 Å². The van der Waals surface area contributed by atoms with E-state index in [1.165, 1.54) is 29.5 Å². The van der Waals surface area contributed by atoms with Gasteiger partial charge in [0, 0.05) is 11.8 Å². The van der Waals surface area contributed by atoms with E-state index in [2.05, 4.69) is 16.2 Å². The predicted molar refractivity (Wildman–Crippen MR) is 99.6 cm³/mol. The number of H-pyrrole nitrogens is 1. The monoisotopic (exact) mass is 350 g/mol. The average molecular weight is 350 g/mol. The summed E-state index contributed by atoms with van der Waals surface area (Å²) in [6, 6.07) is 13.6. The zero-order valence-electron chi connectivity index (χ0n) is 13.3. The topological polar surface area (TPSA) is 44.9 Å². The van der Waals surface area contributed by atoms with Crippen molar-refractivity contribution in [2.45, 2.75) is 0 Å². The first-order chi connectivity index (χ1) is 12.2. The maximum absolute atomic E-state index is 13.1. The summed E-state index contributed by atoms with van der Waals surface area (Å²) in [5, 5.41) is 4.93. The van der Waals surface area contributed by atoms with Crippen LogP contribution in [0.3, 0.4) is 0 Å². The first-order valence-electron chi connectivity index (χ1n) is 7.59. The molecule has 0 saturated heterocycles. The van der Waals surface area contributed by atoms with Crippen LogP contribution in [0.1, 0.15) is 15.4 Å². The predicted octanol–water partition coefficient (Wildman–Crippen LogP) is 4.33. The van der Waals surface area contributed by atoms with Crippen molar-refractivity contribution in [1.82, 2.24) is 10.3 Å². The van der Waals surface area contributed by atoms with Crippen molar-refractivity contribution in [2.75, 3.05) is 6.54 Å². The number of carbonyl (C=O) groups is 1. The second-order valence-electron chi connectivity index (χ2n) is 5.25. The van der Waals surface area contributed by atoms with Gasteiger partial charge in [-0.25, -0.2) is 4.39 Å². The molecule has 0 aliphatic carbocycles. The Hall–Kier alpha value is -3.10. The first kappa shape index (κ1) is 16.7. The molecule has 0 bridgehead atoms. The van der Waals surface area contributed by atoms with Gasteiger partial charge in [0.05, 0.1) is 22.8 Å². The number of carbonyl (C=O) groups excluding carboxylic acids is 1. The van der Waals surface area contributed by atoms with Crippen LogP contribution in [0.25, 0.3) is 17.0 Å². The van der Waals surface area contributed by atoms with E-state index in [0.717, 1.165) is 17.0 Å². The van der Waals surface area contributed by atoms with Gasteiger partial charge in [-0.3, -0.25) is 4.79 Å². The Labute approximate surface area is 149 Å². The van der Waals surface area contributed by atoms with E-state index in [1.54, 1.807) is 18.2 Å². The Morgan fingerprint density at radius 2 is 2.04 bits per heavy atom. The SMILES string of the molecule is C#CCN/C(=C\C(=O)c1cccs1)c1ccc(-c2ccc(F)cc2)[nH]1. The summed E-state index contributed by atoms with van der Waals surface area (Å²) >= 11 is 1.39. The fourth-order valence-electron chi connectivity index (χ4n) is 2.34. The van der Waals surface area contributed by atoms with Crippen LogP contribution in [-0.2, 0) is 0 Å². The minimum absolute atomic E-state index is 0.0903. The Bertz CT molecular complexity index is 931. The van der Waals surface area contributed by atoms with Gasteiger partial charge in [0.2, 0.25) is 0 Å². The lowest BCUT2D eigenvalue weighted by atomic mass is 10.1. The van der Waals surface area contributed by atoms with Crippen LogP contribution in [0.5, 0.6) is 0 Å². The van der Waals surface area contributed by atoms with Gasteiger partial charge < -0.3 is 10.3 Å². The second kappa shape index (κ2) is 7.65. The molecule has 0 amide bonds. The van der Waals surface area contributed by atoms with Gasteiger partial charge in [0.15, 0.2) is 5.78 Å². The molecular weight excluding hydrogens is 335 g/mol. The number of rotatable bonds is 6. The molecule has 25 heavy (non-hydrogen) atoms. The zero-order chi connectivity index (χ0) is 17.6. The molecule has 2 N–H and O–H groups in total. The van der Waals surface area contributed by atoms with Crippen LogP contribution in [0.4, 0.5) is 4.39 Å². The lowest BCUT2D eigenvalue weighted by molar-refractivity contribution is 0.105. The van der Waals surface area contributed by atoms with Gasteiger partial charge >= 0.3 is 0 Å². The largest absolute Gasteiger partial charge is 0.372 e. The number of aromatic nitrogens is 1. The number of hydrogen-bond donors (Lipinski definition) is 2. The summed E-state index contributed by atoms with van der Waals surface area (Å²) in [5.74, 6) is 2.13. The molecule has 0 fully saturated rings. The molecule has 124 valence electrons. The number of hydrogen-bond acceptors (Lipinski definition) is 3. The highest BCUT2D eigenvalue weighted by Crippen LogP contribution is 2.22. The van der Waals surface area contributed by atoms with Crippen LogP contribution >= 0.6 is 11.3 Å². The van der Waals surface area contributed by atoms with E-state index in [0.29, 0.717) is 17.1 Å². The van der Waals surface area contributed by atoms with E-state index in [-0.39, 0.29) is 11.6 Å². The lowest BCUT2D eigenvalue weighted by Crippen LogP contribution is -2.14. The number of ketones is 1. The molecule has 1 aromatic carbocycles. The number of nitrogens with one attached hydrogen (secondary N) is 2. The maximum atomic E-state index is 13.1. The van der Waals surface area contributed by atoms with Crippen LogP contribution in [-0.4, -0.2) is 17.3 Å². The molecule has 0 aliphatic heterocycles. The van der Waals surface area contributed by atoms with Crippen molar-refractivity contribution in [2.24, 2.45) is 0 Å². The van der Waals surface area contributed by atoms with Crippen molar-refractivity contribution in [3.05, 3.63) is 76.4 Å². The van der Waals surface area contributed by atoms with Crippen molar-refractivity contribution in [3.8, 4) is 23.6 Å². The van der Waals surface area contributed by atoms with Gasteiger partial charge in [-0.05, 0) is 53.4 Å². The molecule has 0 unspecified atom stereocenters. The van der Waals surface area contributed by atoms with Crippen LogP contribution in [0, 0.1) is 18.2 Å². The molecule has 2 aromatic heterocycles. The summed E-state index contributed by atoms with van der Waals surface area (Å²) in [6.07, 6.45) is 6.85. The molecule has 3 aromatic rings. The number of benzene rings is 1. The zero-order valence-corrected chi connectivity index (χ0v) is 14.1. The highest BCUT2D eigenvalue weighted by Gasteiger charge is 2.10. The van der Waals surface area contributed by atoms with Crippen molar-refractivity contribution in [1.29, 1.82) is 0 Å². The molecule has 3 nitrogen and oxygen atoms in total. The standard InChI is InChI=1S/C20H15FN2OS/c1-2-11-22-18(13-19(24)20-4-3-12-25-20)17-10-9-16(23-17)14-5-7-15(21)8-6-14/h1,3-10,12-13,22-23H,11H2/b18-13-. The number of aromatic amines is 1. The Balaban J connectivity index is 1.90. The third kappa shape index (κ3) is 4.06. The van der Waals surface area contributed by atoms with Gasteiger partial charge in [-0.1, -0.05) is 12.0 Å². The highest BCUT2D eigenvalue weighted by molar-refractivity contribution is 7.12. The molecule has 0 aliphatic rings. The molecule has 2 heterocycles. The van der Waals surface area contributed by atoms with Gasteiger partial charge in [0.1, 0.15) is 5.82 Å². The highest BCUT2D eigenvalue weighted by atomic mass is 32.1. The fraction of sp³-hybridized carbons (Fsp3) is 0.0500. The number of terminal acetylenes is 1. The van der Waals surface area contributed by atoms with E-state index in [4.69, 9.17) is 6.42 Å². The lowest BCUT2D eigenvalue weighted by Gasteiger charge is -2.07. The third-order valence-electron chi connectivity index (χ3n) is 3.55. The second-order valence-corrected chi connectivity index (χ2v) is 6.20.